The summed E-state index contributed by atoms with van der Waals surface area (Å²) in [6, 6.07) is 91.1. The molecule has 11 aromatic carbocycles. The zero-order chi connectivity index (χ0) is 53.8. The lowest BCUT2D eigenvalue weighted by atomic mass is 9.61. The first-order chi connectivity index (χ1) is 40.6. The van der Waals surface area contributed by atoms with Gasteiger partial charge in [0.1, 0.15) is 0 Å². The van der Waals surface area contributed by atoms with E-state index in [0.29, 0.717) is 34.9 Å². The van der Waals surface area contributed by atoms with Crippen LogP contribution in [0.3, 0.4) is 0 Å². The largest absolute Gasteiger partial charge is 0.208 e. The molecule has 0 saturated carbocycles. The summed E-state index contributed by atoms with van der Waals surface area (Å²) in [7, 11) is 0. The summed E-state index contributed by atoms with van der Waals surface area (Å²) in [6.07, 6.45) is 0. The molecule has 4 aromatic heterocycles. The second kappa shape index (κ2) is 18.7. The molecule has 15 aromatic rings. The molecule has 0 saturated heterocycles. The second-order valence-corrected chi connectivity index (χ2v) is 23.4. The molecular formula is C74H44N6S2. The van der Waals surface area contributed by atoms with Crippen molar-refractivity contribution < 1.29 is 0 Å². The van der Waals surface area contributed by atoms with Crippen LogP contribution < -0.4 is 0 Å². The molecule has 382 valence electrons. The van der Waals surface area contributed by atoms with Crippen molar-refractivity contribution in [1.29, 1.82) is 0 Å². The minimum absolute atomic E-state index is 0.00896. The van der Waals surface area contributed by atoms with Gasteiger partial charge in [0.25, 0.3) is 0 Å². The highest BCUT2D eigenvalue weighted by Gasteiger charge is 2.41. The van der Waals surface area contributed by atoms with Crippen LogP contribution in [0.5, 0.6) is 0 Å². The molecule has 6 nitrogen and oxygen atoms in total. The van der Waals surface area contributed by atoms with Crippen molar-refractivity contribution in [2.24, 2.45) is 0 Å². The third-order valence-electron chi connectivity index (χ3n) is 16.6. The van der Waals surface area contributed by atoms with Crippen LogP contribution in [0.4, 0.5) is 0 Å². The van der Waals surface area contributed by atoms with Crippen molar-refractivity contribution in [3.8, 4) is 90.6 Å². The molecule has 0 spiro atoms. The van der Waals surface area contributed by atoms with E-state index in [1.165, 1.54) is 84.9 Å². The Morgan fingerprint density at radius 2 is 0.537 bits per heavy atom. The summed E-state index contributed by atoms with van der Waals surface area (Å²) in [5.74, 6) is 3.78. The quantitative estimate of drug-likeness (QED) is 0.151. The van der Waals surface area contributed by atoms with Crippen molar-refractivity contribution in [1.82, 2.24) is 29.9 Å². The average molecular weight is 1080 g/mol. The molecule has 0 radical (unpaired) electrons. The van der Waals surface area contributed by atoms with Gasteiger partial charge in [-0.3, -0.25) is 0 Å². The van der Waals surface area contributed by atoms with Crippen molar-refractivity contribution in [2.45, 2.75) is 11.8 Å². The van der Waals surface area contributed by atoms with Crippen LogP contribution in [0.15, 0.2) is 255 Å². The van der Waals surface area contributed by atoms with Crippen molar-refractivity contribution in [3.05, 3.63) is 288 Å². The Bertz CT molecular complexity index is 4770. The highest BCUT2D eigenvalue weighted by atomic mass is 32.1. The van der Waals surface area contributed by atoms with Gasteiger partial charge in [0, 0.05) is 85.6 Å². The van der Waals surface area contributed by atoms with E-state index >= 15 is 0 Å². The summed E-state index contributed by atoms with van der Waals surface area (Å²) in [6.45, 7) is 0. The van der Waals surface area contributed by atoms with Crippen LogP contribution in [0.25, 0.3) is 131 Å². The minimum atomic E-state index is -0.00896. The summed E-state index contributed by atoms with van der Waals surface area (Å²) in [5.41, 5.74) is 18.0. The number of thiophene rings is 2. The van der Waals surface area contributed by atoms with Crippen LogP contribution in [0.1, 0.15) is 45.2 Å². The fraction of sp³-hybridized carbons (Fsp3) is 0.0270. The monoisotopic (exact) mass is 1080 g/mol. The first kappa shape index (κ1) is 46.8. The number of hydrogen-bond acceptors (Lipinski definition) is 8. The Kier molecular flexibility index (Phi) is 10.7. The lowest BCUT2D eigenvalue weighted by Crippen LogP contribution is -2.27. The first-order valence-electron chi connectivity index (χ1n) is 27.6. The molecule has 2 bridgehead atoms. The Morgan fingerprint density at radius 3 is 0.976 bits per heavy atom. The summed E-state index contributed by atoms with van der Waals surface area (Å²) >= 11 is 3.68. The van der Waals surface area contributed by atoms with Crippen molar-refractivity contribution in [2.75, 3.05) is 0 Å². The number of rotatable bonds is 8. The summed E-state index contributed by atoms with van der Waals surface area (Å²) in [4.78, 5) is 31.6. The zero-order valence-corrected chi connectivity index (χ0v) is 45.5. The predicted molar refractivity (Wildman–Crippen MR) is 337 cm³/mol. The van der Waals surface area contributed by atoms with Gasteiger partial charge in [-0.25, -0.2) is 29.9 Å². The third kappa shape index (κ3) is 7.60. The van der Waals surface area contributed by atoms with Gasteiger partial charge >= 0.3 is 0 Å². The second-order valence-electron chi connectivity index (χ2n) is 21.2. The Morgan fingerprint density at radius 1 is 0.220 bits per heavy atom. The fourth-order valence-electron chi connectivity index (χ4n) is 12.8. The molecule has 0 N–H and O–H groups in total. The van der Waals surface area contributed by atoms with E-state index in [0.717, 1.165) is 44.5 Å². The van der Waals surface area contributed by atoms with Gasteiger partial charge in [-0.05, 0) is 92.0 Å². The minimum Gasteiger partial charge on any atom is -0.208 e. The summed E-state index contributed by atoms with van der Waals surface area (Å²) in [5, 5.41) is 5.11. The molecule has 2 atom stereocenters. The van der Waals surface area contributed by atoms with Crippen LogP contribution in [0, 0.1) is 0 Å². The standard InChI is InChI=1S/C74H44N6S2/c1-3-17-43(18-4-1)69-75-71(47-23-13-21-45(39-47)51-29-15-31-59-53-25-9-11-33-63(53)81-67(51)59)79-73(77-69)49-35-37-57-61(41-49)65-55-27-7-8-28-56(55)66(57)62-42-50(36-38-58(62)65)74-78-70(44-19-5-2-6-20-44)76-72(80-74)48-24-14-22-46(40-48)52-30-16-32-60-54-26-10-12-34-64(54)82-68(52)60/h1-42,65-66H. The maximum Gasteiger partial charge on any atom is 0.164 e. The first-order valence-corrected chi connectivity index (χ1v) is 29.3. The molecular weight excluding hydrogens is 1040 g/mol. The molecule has 0 aliphatic heterocycles. The van der Waals surface area contributed by atoms with Gasteiger partial charge in [0.15, 0.2) is 34.9 Å². The molecule has 82 heavy (non-hydrogen) atoms. The number of fused-ring (bicyclic) bond motifs is 6. The normalized spacial score (nSPS) is 14.1. The molecule has 8 heteroatoms. The molecule has 4 heterocycles. The molecule has 3 aliphatic rings. The lowest BCUT2D eigenvalue weighted by molar-refractivity contribution is 0.754. The Balaban J connectivity index is 0.765. The van der Waals surface area contributed by atoms with E-state index in [1.54, 1.807) is 0 Å². The molecule has 0 fully saturated rings. The van der Waals surface area contributed by atoms with Crippen molar-refractivity contribution in [3.63, 3.8) is 0 Å². The smallest absolute Gasteiger partial charge is 0.164 e. The van der Waals surface area contributed by atoms with Gasteiger partial charge in [-0.15, -0.1) is 22.7 Å². The number of aromatic nitrogens is 6. The van der Waals surface area contributed by atoms with Crippen LogP contribution in [-0.4, -0.2) is 29.9 Å². The van der Waals surface area contributed by atoms with Crippen LogP contribution >= 0.6 is 22.7 Å². The molecule has 2 unspecified atom stereocenters. The maximum atomic E-state index is 5.34. The van der Waals surface area contributed by atoms with E-state index in [4.69, 9.17) is 29.9 Å². The third-order valence-corrected chi connectivity index (χ3v) is 19.0. The molecule has 3 aliphatic carbocycles. The van der Waals surface area contributed by atoms with E-state index in [2.05, 4.69) is 218 Å². The highest BCUT2D eigenvalue weighted by Crippen LogP contribution is 2.57. The zero-order valence-electron chi connectivity index (χ0n) is 43.9. The fourth-order valence-corrected chi connectivity index (χ4v) is 15.3. The topological polar surface area (TPSA) is 77.3 Å². The van der Waals surface area contributed by atoms with Gasteiger partial charge < -0.3 is 0 Å². The van der Waals surface area contributed by atoms with E-state index in [1.807, 2.05) is 59.1 Å². The number of nitrogens with zero attached hydrogens (tertiary/aromatic N) is 6. The van der Waals surface area contributed by atoms with Gasteiger partial charge in [-0.1, -0.05) is 218 Å². The Labute approximate surface area is 480 Å². The van der Waals surface area contributed by atoms with Crippen LogP contribution in [0.2, 0.25) is 0 Å². The van der Waals surface area contributed by atoms with Gasteiger partial charge in [0.2, 0.25) is 0 Å². The van der Waals surface area contributed by atoms with E-state index in [9.17, 15) is 0 Å². The predicted octanol–water partition coefficient (Wildman–Crippen LogP) is 19.1. The van der Waals surface area contributed by atoms with Crippen LogP contribution in [-0.2, 0) is 0 Å². The Hall–Kier alpha value is -10.1. The molecule has 18 rings (SSSR count). The SMILES string of the molecule is c1ccc(-c2nc(-c3cccc(-c4cccc5c4sc4ccccc45)c3)nc(-c3ccc4c(c3)C3c5ccccc5C4c4cc(-c5nc(-c6ccccc6)nc(-c6cccc(-c7cccc8c7sc7ccccc78)c6)n5)ccc43)n2)cc1. The molecule has 0 amide bonds. The number of benzene rings is 11. The highest BCUT2D eigenvalue weighted by molar-refractivity contribution is 7.26. The van der Waals surface area contributed by atoms with E-state index in [-0.39, 0.29) is 11.8 Å². The number of hydrogen-bond donors (Lipinski definition) is 0. The van der Waals surface area contributed by atoms with Gasteiger partial charge in [0.05, 0.1) is 0 Å². The maximum absolute atomic E-state index is 5.34. The van der Waals surface area contributed by atoms with E-state index < -0.39 is 0 Å². The lowest BCUT2D eigenvalue weighted by Gasteiger charge is -2.42. The summed E-state index contributed by atoms with van der Waals surface area (Å²) < 4.78 is 5.12. The average Bonchev–Trinajstić information content (AvgIpc) is 3.98. The van der Waals surface area contributed by atoms with Crippen molar-refractivity contribution >= 4 is 63.0 Å². The van der Waals surface area contributed by atoms with Gasteiger partial charge in [-0.2, -0.15) is 0 Å².